The first-order valence-electron chi connectivity index (χ1n) is 9.97. The number of imide groups is 2. The summed E-state index contributed by atoms with van der Waals surface area (Å²) in [5, 5.41) is 2.44. The highest BCUT2D eigenvalue weighted by atomic mass is 35.5. The number of amides is 4. The van der Waals surface area contributed by atoms with E-state index in [1.54, 1.807) is 48.5 Å². The molecule has 0 aliphatic carbocycles. The number of halogens is 2. The number of benzene rings is 3. The molecule has 1 heterocycles. The van der Waals surface area contributed by atoms with E-state index in [0.29, 0.717) is 17.0 Å². The van der Waals surface area contributed by atoms with Crippen LogP contribution in [0.1, 0.15) is 16.7 Å². The molecule has 33 heavy (non-hydrogen) atoms. The molecular formula is C25H18ClFN2O4. The zero-order chi connectivity index (χ0) is 23.5. The zero-order valence-corrected chi connectivity index (χ0v) is 18.2. The van der Waals surface area contributed by atoms with Gasteiger partial charge in [0.15, 0.2) is 0 Å². The summed E-state index contributed by atoms with van der Waals surface area (Å²) in [7, 11) is 0. The number of anilines is 1. The molecule has 3 aromatic carbocycles. The van der Waals surface area contributed by atoms with Gasteiger partial charge >= 0.3 is 6.03 Å². The number of barbiturate groups is 1. The number of nitrogens with one attached hydrogen (secondary N) is 1. The molecule has 1 N–H and O–H groups in total. The van der Waals surface area contributed by atoms with Gasteiger partial charge in [-0.1, -0.05) is 41.9 Å². The first-order chi connectivity index (χ1) is 15.8. The molecule has 6 nitrogen and oxygen atoms in total. The second kappa shape index (κ2) is 9.26. The predicted molar refractivity (Wildman–Crippen MR) is 122 cm³/mol. The van der Waals surface area contributed by atoms with E-state index in [0.717, 1.165) is 10.5 Å². The summed E-state index contributed by atoms with van der Waals surface area (Å²) >= 11 is 6.03. The molecule has 1 fully saturated rings. The maximum Gasteiger partial charge on any atom is 0.335 e. The van der Waals surface area contributed by atoms with Crippen LogP contribution in [-0.4, -0.2) is 17.8 Å². The van der Waals surface area contributed by atoms with Gasteiger partial charge in [-0.2, -0.15) is 0 Å². The number of urea groups is 1. The Bertz CT molecular complexity index is 1280. The lowest BCUT2D eigenvalue weighted by Crippen LogP contribution is -2.54. The Balaban J connectivity index is 1.59. The smallest absolute Gasteiger partial charge is 0.335 e. The van der Waals surface area contributed by atoms with Gasteiger partial charge in [-0.25, -0.2) is 14.1 Å². The van der Waals surface area contributed by atoms with Crippen molar-refractivity contribution in [2.24, 2.45) is 0 Å². The zero-order valence-electron chi connectivity index (χ0n) is 17.5. The molecule has 1 aliphatic heterocycles. The van der Waals surface area contributed by atoms with E-state index in [2.05, 4.69) is 5.32 Å². The molecule has 1 saturated heterocycles. The monoisotopic (exact) mass is 464 g/mol. The van der Waals surface area contributed by atoms with Crippen LogP contribution in [0.2, 0.25) is 5.02 Å². The number of ether oxygens (including phenoxy) is 1. The first-order valence-corrected chi connectivity index (χ1v) is 10.3. The highest BCUT2D eigenvalue weighted by Gasteiger charge is 2.36. The first kappa shape index (κ1) is 22.2. The van der Waals surface area contributed by atoms with Gasteiger partial charge in [0, 0.05) is 5.56 Å². The molecule has 3 aromatic rings. The molecule has 4 rings (SSSR count). The third-order valence-electron chi connectivity index (χ3n) is 4.98. The standard InChI is InChI=1S/C25H18ClFN2O4/c1-15-5-2-7-17(11-15)29-24(31)19(23(30)28-25(29)32)13-16-6-3-8-18(12-16)33-14-20-21(26)9-4-10-22(20)27/h2-13H,14H2,1H3,(H,28,30,32)/b19-13+. The van der Waals surface area contributed by atoms with Crippen LogP contribution in [0.3, 0.4) is 0 Å². The number of hydrogen-bond donors (Lipinski definition) is 1. The van der Waals surface area contributed by atoms with E-state index in [-0.39, 0.29) is 22.8 Å². The lowest BCUT2D eigenvalue weighted by molar-refractivity contribution is -0.122. The predicted octanol–water partition coefficient (Wildman–Crippen LogP) is 5.03. The Morgan fingerprint density at radius 3 is 2.55 bits per heavy atom. The van der Waals surface area contributed by atoms with Crippen molar-refractivity contribution in [1.82, 2.24) is 5.32 Å². The average Bonchev–Trinajstić information content (AvgIpc) is 2.76. The Morgan fingerprint density at radius 1 is 1.03 bits per heavy atom. The summed E-state index contributed by atoms with van der Waals surface area (Å²) in [6.45, 7) is 1.73. The molecule has 0 spiro atoms. The number of rotatable bonds is 5. The van der Waals surface area contributed by atoms with Crippen molar-refractivity contribution in [3.8, 4) is 5.75 Å². The van der Waals surface area contributed by atoms with Gasteiger partial charge in [0.2, 0.25) is 0 Å². The van der Waals surface area contributed by atoms with E-state index in [4.69, 9.17) is 16.3 Å². The molecule has 0 radical (unpaired) electrons. The second-order valence-corrected chi connectivity index (χ2v) is 7.77. The quantitative estimate of drug-likeness (QED) is 0.424. The minimum Gasteiger partial charge on any atom is -0.489 e. The Hall–Kier alpha value is -3.97. The van der Waals surface area contributed by atoms with Gasteiger partial charge in [0.05, 0.1) is 10.7 Å². The highest BCUT2D eigenvalue weighted by Crippen LogP contribution is 2.25. The molecule has 0 bridgehead atoms. The molecule has 0 atom stereocenters. The Morgan fingerprint density at radius 2 is 1.79 bits per heavy atom. The number of hydrogen-bond acceptors (Lipinski definition) is 4. The van der Waals surface area contributed by atoms with Crippen LogP contribution < -0.4 is 15.0 Å². The third kappa shape index (κ3) is 4.78. The summed E-state index contributed by atoms with van der Waals surface area (Å²) in [6, 6.07) is 17.0. The van der Waals surface area contributed by atoms with Crippen molar-refractivity contribution in [3.63, 3.8) is 0 Å². The third-order valence-corrected chi connectivity index (χ3v) is 5.33. The molecule has 0 unspecified atom stereocenters. The van der Waals surface area contributed by atoms with Crippen LogP contribution in [0.4, 0.5) is 14.9 Å². The topological polar surface area (TPSA) is 75.7 Å². The van der Waals surface area contributed by atoms with E-state index in [9.17, 15) is 18.8 Å². The fourth-order valence-corrected chi connectivity index (χ4v) is 3.56. The minimum absolute atomic E-state index is 0.0966. The second-order valence-electron chi connectivity index (χ2n) is 7.36. The molecule has 0 aromatic heterocycles. The summed E-state index contributed by atoms with van der Waals surface area (Å²) in [5.74, 6) is -1.62. The molecule has 0 saturated carbocycles. The average molecular weight is 465 g/mol. The van der Waals surface area contributed by atoms with E-state index in [1.165, 1.54) is 18.2 Å². The summed E-state index contributed by atoms with van der Waals surface area (Å²) in [4.78, 5) is 38.7. The van der Waals surface area contributed by atoms with E-state index < -0.39 is 23.7 Å². The van der Waals surface area contributed by atoms with Crippen molar-refractivity contribution in [1.29, 1.82) is 0 Å². The Labute approximate surface area is 194 Å². The van der Waals surface area contributed by atoms with Gasteiger partial charge in [-0.15, -0.1) is 0 Å². The SMILES string of the molecule is Cc1cccc(N2C(=O)NC(=O)/C(=C\c3cccc(OCc4c(F)cccc4Cl)c3)C2=O)c1. The number of aryl methyl sites for hydroxylation is 1. The molecule has 166 valence electrons. The molecule has 4 amide bonds. The number of nitrogens with zero attached hydrogens (tertiary/aromatic N) is 1. The molecular weight excluding hydrogens is 447 g/mol. The maximum atomic E-state index is 14.0. The normalized spacial score (nSPS) is 15.1. The van der Waals surface area contributed by atoms with Gasteiger partial charge in [0.25, 0.3) is 11.8 Å². The number of carbonyl (C=O) groups excluding carboxylic acids is 3. The van der Waals surface area contributed by atoms with Crippen LogP contribution in [-0.2, 0) is 16.2 Å². The number of carbonyl (C=O) groups is 3. The van der Waals surface area contributed by atoms with Crippen molar-refractivity contribution in [3.05, 3.63) is 99.8 Å². The lowest BCUT2D eigenvalue weighted by atomic mass is 10.1. The van der Waals surface area contributed by atoms with Gasteiger partial charge in [-0.05, 0) is 60.5 Å². The van der Waals surface area contributed by atoms with Crippen LogP contribution in [0, 0.1) is 12.7 Å². The fraction of sp³-hybridized carbons (Fsp3) is 0.0800. The summed E-state index contributed by atoms with van der Waals surface area (Å²) in [5.41, 5.74) is 1.72. The van der Waals surface area contributed by atoms with Crippen molar-refractivity contribution < 1.29 is 23.5 Å². The van der Waals surface area contributed by atoms with Crippen LogP contribution in [0.15, 0.2) is 72.3 Å². The van der Waals surface area contributed by atoms with Crippen molar-refractivity contribution in [2.75, 3.05) is 4.90 Å². The van der Waals surface area contributed by atoms with Gasteiger partial charge in [-0.3, -0.25) is 14.9 Å². The largest absolute Gasteiger partial charge is 0.489 e. The minimum atomic E-state index is -0.813. The maximum absolute atomic E-state index is 14.0. The van der Waals surface area contributed by atoms with Gasteiger partial charge < -0.3 is 4.74 Å². The van der Waals surface area contributed by atoms with Crippen molar-refractivity contribution in [2.45, 2.75) is 13.5 Å². The van der Waals surface area contributed by atoms with Crippen molar-refractivity contribution >= 4 is 41.2 Å². The van der Waals surface area contributed by atoms with E-state index >= 15 is 0 Å². The lowest BCUT2D eigenvalue weighted by Gasteiger charge is -2.26. The summed E-state index contributed by atoms with van der Waals surface area (Å²) in [6.07, 6.45) is 1.37. The van der Waals surface area contributed by atoms with Gasteiger partial charge in [0.1, 0.15) is 23.7 Å². The summed E-state index contributed by atoms with van der Waals surface area (Å²) < 4.78 is 19.6. The molecule has 8 heteroatoms. The Kier molecular flexibility index (Phi) is 6.24. The van der Waals surface area contributed by atoms with Crippen LogP contribution >= 0.6 is 11.6 Å². The highest BCUT2D eigenvalue weighted by molar-refractivity contribution is 6.39. The van der Waals surface area contributed by atoms with Crippen LogP contribution in [0.5, 0.6) is 5.75 Å². The fourth-order valence-electron chi connectivity index (χ4n) is 3.35. The molecule has 1 aliphatic rings. The van der Waals surface area contributed by atoms with E-state index in [1.807, 2.05) is 13.0 Å². The van der Waals surface area contributed by atoms with Crippen LogP contribution in [0.25, 0.3) is 6.08 Å².